The molecule has 0 aromatic heterocycles. The normalized spacial score (nSPS) is 22.5. The van der Waals surface area contributed by atoms with Crippen LogP contribution in [0.5, 0.6) is 0 Å². The molecular weight excluding hydrogens is 596 g/mol. The molecule has 1 heterocycles. The van der Waals surface area contributed by atoms with Gasteiger partial charge in [-0.25, -0.2) is 0 Å². The number of aliphatic hydroxyl groups excluding tert-OH is 3. The van der Waals surface area contributed by atoms with Crippen LogP contribution in [0.1, 0.15) is 35.1 Å². The predicted molar refractivity (Wildman–Crippen MR) is 178 cm³/mol. The summed E-state index contributed by atoms with van der Waals surface area (Å²) >= 11 is 0. The van der Waals surface area contributed by atoms with Gasteiger partial charge in [-0.2, -0.15) is 0 Å². The summed E-state index contributed by atoms with van der Waals surface area (Å²) in [5.74, 6) is 0. The Morgan fingerprint density at radius 1 is 0.511 bits per heavy atom. The van der Waals surface area contributed by atoms with E-state index in [1.807, 2.05) is 121 Å². The molecule has 1 fully saturated rings. The maximum Gasteiger partial charge on any atom is 0.115 e. The fourth-order valence-corrected chi connectivity index (χ4v) is 5.77. The number of rotatable bonds is 18. The smallest absolute Gasteiger partial charge is 0.115 e. The highest BCUT2D eigenvalue weighted by atomic mass is 16.6. The highest BCUT2D eigenvalue weighted by Gasteiger charge is 2.48. The molecule has 4 aromatic rings. The first-order valence-electron chi connectivity index (χ1n) is 16.3. The van der Waals surface area contributed by atoms with E-state index in [2.05, 4.69) is 0 Å². The molecule has 0 unspecified atom stereocenters. The highest BCUT2D eigenvalue weighted by molar-refractivity contribution is 5.16. The summed E-state index contributed by atoms with van der Waals surface area (Å²) in [6, 6.07) is 39.8. The van der Waals surface area contributed by atoms with Gasteiger partial charge in [0.15, 0.2) is 0 Å². The van der Waals surface area contributed by atoms with Crippen molar-refractivity contribution in [2.24, 2.45) is 0 Å². The van der Waals surface area contributed by atoms with Crippen molar-refractivity contribution in [2.45, 2.75) is 82.0 Å². The van der Waals surface area contributed by atoms with E-state index >= 15 is 0 Å². The van der Waals surface area contributed by atoms with E-state index in [4.69, 9.17) is 23.7 Å². The topological polar surface area (TPSA) is 107 Å². The van der Waals surface area contributed by atoms with E-state index in [-0.39, 0.29) is 13.0 Å². The molecule has 4 aromatic carbocycles. The second kappa shape index (κ2) is 18.8. The van der Waals surface area contributed by atoms with Crippen molar-refractivity contribution in [1.82, 2.24) is 0 Å². The zero-order valence-electron chi connectivity index (χ0n) is 26.6. The zero-order chi connectivity index (χ0) is 32.7. The second-order valence-electron chi connectivity index (χ2n) is 11.9. The van der Waals surface area contributed by atoms with E-state index in [9.17, 15) is 15.3 Å². The van der Waals surface area contributed by atoms with Crippen LogP contribution in [0.3, 0.4) is 0 Å². The van der Waals surface area contributed by atoms with E-state index in [1.165, 1.54) is 0 Å². The van der Waals surface area contributed by atoms with Crippen LogP contribution in [-0.4, -0.2) is 71.3 Å². The van der Waals surface area contributed by atoms with Crippen LogP contribution in [0, 0.1) is 0 Å². The summed E-state index contributed by atoms with van der Waals surface area (Å²) in [5.41, 5.74) is 4.07. The quantitative estimate of drug-likeness (QED) is 0.136. The summed E-state index contributed by atoms with van der Waals surface area (Å²) in [6.45, 7) is 1.10. The van der Waals surface area contributed by atoms with E-state index in [0.717, 1.165) is 22.3 Å². The molecule has 8 heteroatoms. The monoisotopic (exact) mass is 642 g/mol. The van der Waals surface area contributed by atoms with Crippen LogP contribution in [0.2, 0.25) is 0 Å². The first kappa shape index (κ1) is 34.9. The lowest BCUT2D eigenvalue weighted by Gasteiger charge is -2.46. The van der Waals surface area contributed by atoms with Crippen molar-refractivity contribution < 1.29 is 39.0 Å². The molecule has 3 N–H and O–H groups in total. The molecule has 7 atom stereocenters. The SMILES string of the molecule is OC[C@@H](O)[C@H](O)CC[C@@H]1O[C@H](COCc2ccccc2)[C@H](OCc2ccccc2)[C@H](OCc2ccccc2)[C@H]1OCc1ccccc1. The largest absolute Gasteiger partial charge is 0.394 e. The molecule has 0 spiro atoms. The highest BCUT2D eigenvalue weighted by Crippen LogP contribution is 2.33. The van der Waals surface area contributed by atoms with Crippen LogP contribution < -0.4 is 0 Å². The number of benzene rings is 4. The van der Waals surface area contributed by atoms with Gasteiger partial charge < -0.3 is 39.0 Å². The minimum atomic E-state index is -1.25. The summed E-state index contributed by atoms with van der Waals surface area (Å²) in [5, 5.41) is 30.1. The molecule has 47 heavy (non-hydrogen) atoms. The fourth-order valence-electron chi connectivity index (χ4n) is 5.77. The van der Waals surface area contributed by atoms with Gasteiger partial charge >= 0.3 is 0 Å². The first-order chi connectivity index (χ1) is 23.1. The molecule has 1 aliphatic rings. The van der Waals surface area contributed by atoms with Gasteiger partial charge in [0.2, 0.25) is 0 Å². The van der Waals surface area contributed by atoms with Crippen LogP contribution in [-0.2, 0) is 50.1 Å². The minimum absolute atomic E-state index is 0.191. The fraction of sp³-hybridized carbons (Fsp3) is 0.385. The predicted octanol–water partition coefficient (Wildman–Crippen LogP) is 5.22. The van der Waals surface area contributed by atoms with Crippen molar-refractivity contribution >= 4 is 0 Å². The Hall–Kier alpha value is -3.44. The average Bonchev–Trinajstić information content (AvgIpc) is 3.13. The Labute approximate surface area is 277 Å². The third-order valence-electron chi connectivity index (χ3n) is 8.36. The summed E-state index contributed by atoms with van der Waals surface area (Å²) in [4.78, 5) is 0. The van der Waals surface area contributed by atoms with Crippen molar-refractivity contribution in [1.29, 1.82) is 0 Å². The Balaban J connectivity index is 1.44. The average molecular weight is 643 g/mol. The molecule has 250 valence electrons. The van der Waals surface area contributed by atoms with Gasteiger partial charge in [0.1, 0.15) is 30.5 Å². The number of hydrogen-bond acceptors (Lipinski definition) is 8. The van der Waals surface area contributed by atoms with Gasteiger partial charge in [0, 0.05) is 0 Å². The molecule has 0 bridgehead atoms. The molecule has 5 rings (SSSR count). The molecule has 1 aliphatic heterocycles. The van der Waals surface area contributed by atoms with Crippen LogP contribution in [0.25, 0.3) is 0 Å². The van der Waals surface area contributed by atoms with Crippen LogP contribution in [0.15, 0.2) is 121 Å². The van der Waals surface area contributed by atoms with Crippen molar-refractivity contribution in [3.8, 4) is 0 Å². The van der Waals surface area contributed by atoms with Gasteiger partial charge in [0.05, 0.1) is 51.8 Å². The van der Waals surface area contributed by atoms with Gasteiger partial charge in [0.25, 0.3) is 0 Å². The van der Waals surface area contributed by atoms with Crippen molar-refractivity contribution in [3.63, 3.8) is 0 Å². The van der Waals surface area contributed by atoms with E-state index in [1.54, 1.807) is 0 Å². The Kier molecular flexibility index (Phi) is 13.9. The maximum absolute atomic E-state index is 10.6. The maximum atomic E-state index is 10.6. The standard InChI is InChI=1S/C39H46O8/c40-23-34(42)33(41)21-22-35-37(44-25-30-15-7-2-8-16-30)39(46-27-32-19-11-4-12-20-32)38(45-26-31-17-9-3-10-18-31)36(47-35)28-43-24-29-13-5-1-6-14-29/h1-20,33-42H,21-28H2/t33-,34-,35+,36-,37+,38+,39-/m1/s1. The van der Waals surface area contributed by atoms with Crippen molar-refractivity contribution in [3.05, 3.63) is 144 Å². The number of hydrogen-bond donors (Lipinski definition) is 3. The summed E-state index contributed by atoms with van der Waals surface area (Å²) < 4.78 is 33.0. The Morgan fingerprint density at radius 2 is 0.915 bits per heavy atom. The van der Waals surface area contributed by atoms with Gasteiger partial charge in [-0.15, -0.1) is 0 Å². The first-order valence-corrected chi connectivity index (χ1v) is 16.3. The molecule has 0 radical (unpaired) electrons. The Morgan fingerprint density at radius 3 is 1.36 bits per heavy atom. The molecule has 0 aliphatic carbocycles. The Bertz CT molecular complexity index is 1390. The van der Waals surface area contributed by atoms with Gasteiger partial charge in [-0.3, -0.25) is 0 Å². The van der Waals surface area contributed by atoms with Crippen molar-refractivity contribution in [2.75, 3.05) is 13.2 Å². The summed E-state index contributed by atoms with van der Waals surface area (Å²) in [6.07, 6.45) is -4.58. The van der Waals surface area contributed by atoms with Gasteiger partial charge in [-0.05, 0) is 35.1 Å². The summed E-state index contributed by atoms with van der Waals surface area (Å²) in [7, 11) is 0. The minimum Gasteiger partial charge on any atom is -0.394 e. The van der Waals surface area contributed by atoms with Gasteiger partial charge in [-0.1, -0.05) is 121 Å². The third-order valence-corrected chi connectivity index (χ3v) is 8.36. The second-order valence-corrected chi connectivity index (χ2v) is 11.9. The number of aliphatic hydroxyl groups is 3. The molecule has 1 saturated heterocycles. The zero-order valence-corrected chi connectivity index (χ0v) is 26.6. The van der Waals surface area contributed by atoms with Crippen LogP contribution in [0.4, 0.5) is 0 Å². The lowest BCUT2D eigenvalue weighted by atomic mass is 9.90. The number of ether oxygens (including phenoxy) is 5. The third kappa shape index (κ3) is 10.8. The van der Waals surface area contributed by atoms with Crippen LogP contribution >= 0.6 is 0 Å². The molecule has 0 saturated carbocycles. The van der Waals surface area contributed by atoms with E-state index < -0.39 is 49.3 Å². The lowest BCUT2D eigenvalue weighted by molar-refractivity contribution is -0.274. The molecule has 8 nitrogen and oxygen atoms in total. The van der Waals surface area contributed by atoms with E-state index in [0.29, 0.717) is 32.8 Å². The molecular formula is C39H46O8. The molecule has 0 amide bonds. The lowest BCUT2D eigenvalue weighted by Crippen LogP contribution is -2.61.